The lowest BCUT2D eigenvalue weighted by molar-refractivity contribution is -0.137. The van der Waals surface area contributed by atoms with Crippen molar-refractivity contribution in [2.45, 2.75) is 121 Å². The van der Waals surface area contributed by atoms with E-state index in [1.165, 1.54) is 31.4 Å². The van der Waals surface area contributed by atoms with E-state index in [4.69, 9.17) is 4.74 Å². The van der Waals surface area contributed by atoms with Crippen LogP contribution in [0.25, 0.3) is 0 Å². The molecular formula is C49H59F3N2O5. The lowest BCUT2D eigenvalue weighted by Gasteiger charge is -2.58. The van der Waals surface area contributed by atoms with E-state index < -0.39 is 34.6 Å². The molecule has 0 spiro atoms. The van der Waals surface area contributed by atoms with Gasteiger partial charge in [-0.3, -0.25) is 4.79 Å². The molecule has 5 fully saturated rings. The molecule has 7 aliphatic rings. The Kier molecular flexibility index (Phi) is 11.3. The fourth-order valence-electron chi connectivity index (χ4n) is 12.5. The zero-order chi connectivity index (χ0) is 41.7. The molecule has 3 aromatic carbocycles. The van der Waals surface area contributed by atoms with Crippen molar-refractivity contribution in [3.8, 4) is 5.75 Å². The van der Waals surface area contributed by atoms with Crippen LogP contribution in [0, 0.1) is 28.6 Å². The average Bonchev–Trinajstić information content (AvgIpc) is 3.44. The molecule has 10 heteroatoms. The van der Waals surface area contributed by atoms with Crippen LogP contribution in [0.5, 0.6) is 5.75 Å². The van der Waals surface area contributed by atoms with Crippen molar-refractivity contribution in [3.05, 3.63) is 106 Å². The quantitative estimate of drug-likeness (QED) is 0.155. The number of allylic oxidation sites excluding steroid dienone is 2. The third kappa shape index (κ3) is 8.46. The van der Waals surface area contributed by atoms with Crippen LogP contribution in [-0.4, -0.2) is 58.8 Å². The fourth-order valence-corrected chi connectivity index (χ4v) is 12.5. The average molecular weight is 813 g/mol. The van der Waals surface area contributed by atoms with Gasteiger partial charge in [-0.15, -0.1) is 0 Å². The molecule has 5 saturated carbocycles. The van der Waals surface area contributed by atoms with Gasteiger partial charge in [-0.1, -0.05) is 42.8 Å². The van der Waals surface area contributed by atoms with Gasteiger partial charge in [0.1, 0.15) is 5.75 Å². The Morgan fingerprint density at radius 2 is 1.61 bits per heavy atom. The second kappa shape index (κ2) is 16.0. The number of anilines is 1. The number of rotatable bonds is 8. The summed E-state index contributed by atoms with van der Waals surface area (Å²) in [6.07, 6.45) is 7.59. The van der Waals surface area contributed by atoms with Crippen molar-refractivity contribution >= 4 is 17.5 Å². The molecule has 4 unspecified atom stereocenters. The Morgan fingerprint density at radius 1 is 0.915 bits per heavy atom. The van der Waals surface area contributed by atoms with E-state index in [1.54, 1.807) is 13.2 Å². The summed E-state index contributed by atoms with van der Waals surface area (Å²) in [6, 6.07) is 17.1. The van der Waals surface area contributed by atoms with Gasteiger partial charge in [0.15, 0.2) is 5.78 Å². The molecule has 59 heavy (non-hydrogen) atoms. The van der Waals surface area contributed by atoms with Crippen molar-refractivity contribution in [1.29, 1.82) is 0 Å². The van der Waals surface area contributed by atoms with E-state index in [9.17, 15) is 33.0 Å². The van der Waals surface area contributed by atoms with Crippen molar-refractivity contribution in [2.75, 3.05) is 25.5 Å². The number of aliphatic hydroxyl groups is 2. The molecule has 0 saturated heterocycles. The van der Waals surface area contributed by atoms with Gasteiger partial charge in [-0.2, -0.15) is 13.2 Å². The molecule has 7 aliphatic carbocycles. The van der Waals surface area contributed by atoms with E-state index in [0.717, 1.165) is 42.5 Å². The molecule has 3 aromatic rings. The summed E-state index contributed by atoms with van der Waals surface area (Å²) in [5.41, 5.74) is 0.322. The number of hydrogen-bond donors (Lipinski definition) is 3. The predicted molar refractivity (Wildman–Crippen MR) is 222 cm³/mol. The van der Waals surface area contributed by atoms with Crippen LogP contribution in [0.4, 0.5) is 23.7 Å². The Hall–Kier alpha value is -4.15. The first kappa shape index (κ1) is 41.6. The Labute approximate surface area is 346 Å². The van der Waals surface area contributed by atoms with Gasteiger partial charge in [0.05, 0.1) is 30.9 Å². The summed E-state index contributed by atoms with van der Waals surface area (Å²) in [4.78, 5) is 31.0. The number of amides is 2. The minimum absolute atomic E-state index is 0.00465. The topological polar surface area (TPSA) is 99.1 Å². The number of carbonyl (C=O) groups is 2. The maximum absolute atomic E-state index is 14.6. The second-order valence-electron chi connectivity index (χ2n) is 19.3. The number of ketones is 1. The molecule has 7 nitrogen and oxygen atoms in total. The zero-order valence-corrected chi connectivity index (χ0v) is 34.6. The number of methoxy groups -OCH3 is 1. The first-order chi connectivity index (χ1) is 28.0. The molecule has 4 atom stereocenters. The lowest BCUT2D eigenvalue weighted by atomic mass is 9.49. The molecular weight excluding hydrogens is 754 g/mol. The minimum Gasteiger partial charge on any atom is -0.497 e. The monoisotopic (exact) mass is 812 g/mol. The number of benzene rings is 3. The van der Waals surface area contributed by atoms with Crippen molar-refractivity contribution in [3.63, 3.8) is 0 Å². The van der Waals surface area contributed by atoms with Gasteiger partial charge < -0.3 is 25.2 Å². The summed E-state index contributed by atoms with van der Waals surface area (Å²) in [6.45, 7) is 4.81. The largest absolute Gasteiger partial charge is 0.497 e. The van der Waals surface area contributed by atoms with Crippen LogP contribution in [-0.2, 0) is 12.6 Å². The molecule has 6 bridgehead atoms. The smallest absolute Gasteiger partial charge is 0.416 e. The molecule has 0 aliphatic heterocycles. The zero-order valence-electron chi connectivity index (χ0n) is 34.6. The van der Waals surface area contributed by atoms with Crippen LogP contribution in [0.3, 0.4) is 0 Å². The Morgan fingerprint density at radius 3 is 2.27 bits per heavy atom. The van der Waals surface area contributed by atoms with Gasteiger partial charge >= 0.3 is 12.2 Å². The van der Waals surface area contributed by atoms with Crippen LogP contribution in [0.2, 0.25) is 0 Å². The molecule has 3 N–H and O–H groups in total. The second-order valence-corrected chi connectivity index (χ2v) is 19.3. The maximum Gasteiger partial charge on any atom is 0.416 e. The number of nitrogens with one attached hydrogen (secondary N) is 1. The van der Waals surface area contributed by atoms with Crippen LogP contribution < -0.4 is 10.1 Å². The predicted octanol–water partition coefficient (Wildman–Crippen LogP) is 10.7. The summed E-state index contributed by atoms with van der Waals surface area (Å²) in [7, 11) is 1.60. The van der Waals surface area contributed by atoms with Gasteiger partial charge in [0.25, 0.3) is 0 Å². The van der Waals surface area contributed by atoms with E-state index in [0.29, 0.717) is 91.8 Å². The number of alkyl halides is 3. The highest BCUT2D eigenvalue weighted by Gasteiger charge is 2.59. The molecule has 316 valence electrons. The van der Waals surface area contributed by atoms with Crippen LogP contribution in [0.15, 0.2) is 78.4 Å². The number of ether oxygens (including phenoxy) is 1. The summed E-state index contributed by atoms with van der Waals surface area (Å²) in [5.74, 6) is 1.84. The third-order valence-corrected chi connectivity index (χ3v) is 15.1. The normalized spacial score (nSPS) is 31.6. The lowest BCUT2D eigenvalue weighted by Crippen LogP contribution is -2.58. The third-order valence-electron chi connectivity index (χ3n) is 15.1. The molecule has 10 rings (SSSR count). The van der Waals surface area contributed by atoms with Gasteiger partial charge in [0.2, 0.25) is 0 Å². The van der Waals surface area contributed by atoms with E-state index in [1.807, 2.05) is 41.3 Å². The van der Waals surface area contributed by atoms with Crippen molar-refractivity contribution in [1.82, 2.24) is 4.90 Å². The number of hydrogen-bond acceptors (Lipinski definition) is 5. The number of urea groups is 1. The number of carbonyl (C=O) groups excluding carboxylic acids is 2. The maximum atomic E-state index is 14.6. The molecule has 0 radical (unpaired) electrons. The minimum atomic E-state index is -4.62. The van der Waals surface area contributed by atoms with E-state index in [-0.39, 0.29) is 29.5 Å². The van der Waals surface area contributed by atoms with E-state index >= 15 is 0 Å². The van der Waals surface area contributed by atoms with Gasteiger partial charge in [0, 0.05) is 28.8 Å². The van der Waals surface area contributed by atoms with E-state index in [2.05, 4.69) is 25.2 Å². The first-order valence-electron chi connectivity index (χ1n) is 21.7. The number of halogens is 3. The SMILES string of the molecule is COc1ccc(NC(=O)N(CC23CC4CC(CC(C4)C2)C3)CC2(O)CCC3c4ccc(cc4C(=O)c4cccc(C(F)(F)F)c4)CC(O)CCC(C)=CCCC32C)cc1. The van der Waals surface area contributed by atoms with Gasteiger partial charge in [-0.05, 0) is 173 Å². The fraction of sp³-hybridized carbons (Fsp3) is 0.551. The number of fused-ring (bicyclic) bond motifs is 8. The molecule has 0 heterocycles. The first-order valence-corrected chi connectivity index (χ1v) is 21.7. The summed E-state index contributed by atoms with van der Waals surface area (Å²) in [5, 5.41) is 27.5. The van der Waals surface area contributed by atoms with Crippen LogP contribution >= 0.6 is 0 Å². The number of aliphatic hydroxyl groups excluding tert-OH is 1. The van der Waals surface area contributed by atoms with Crippen molar-refractivity contribution < 1.29 is 37.7 Å². The highest BCUT2D eigenvalue weighted by molar-refractivity contribution is 6.10. The summed E-state index contributed by atoms with van der Waals surface area (Å²) >= 11 is 0. The Balaban J connectivity index is 1.18. The standard InChI is InChI=1S/C49H59F3N2O5/c1-31-6-5-18-46(2)43(41-16-10-32(23-39(55)13-9-31)24-42(41)44(56)36-7-4-8-37(25-36)49(50,51)52)17-19-48(46,58)30-54(45(57)53-38-11-14-40(59-3)15-12-38)29-47-26-33-20-34(27-47)22-35(21-33)28-47/h4,6-8,10-12,14-16,24-25,33-35,39,43,55,58H,5,9,13,17-23,26-30H2,1-3H3,(H,53,57). The summed E-state index contributed by atoms with van der Waals surface area (Å²) < 4.78 is 47.0. The molecule has 0 aromatic heterocycles. The molecule has 2 amide bonds. The van der Waals surface area contributed by atoms with Gasteiger partial charge in [-0.25, -0.2) is 4.79 Å². The highest BCUT2D eigenvalue weighted by Crippen LogP contribution is 2.62. The Bertz CT molecular complexity index is 2040. The highest BCUT2D eigenvalue weighted by atomic mass is 19.4. The number of nitrogens with zero attached hydrogens (tertiary/aromatic N) is 1. The van der Waals surface area contributed by atoms with Crippen molar-refractivity contribution in [2.24, 2.45) is 28.6 Å². The van der Waals surface area contributed by atoms with Crippen LogP contribution in [0.1, 0.15) is 129 Å².